The summed E-state index contributed by atoms with van der Waals surface area (Å²) in [5.74, 6) is 0.707. The van der Waals surface area contributed by atoms with E-state index in [1.165, 1.54) is 23.3 Å². The fourth-order valence-electron chi connectivity index (χ4n) is 2.53. The number of carbonyl (C=O) groups excluding carboxylic acids is 1. The van der Waals surface area contributed by atoms with E-state index < -0.39 is 0 Å². The van der Waals surface area contributed by atoms with Crippen molar-refractivity contribution in [2.45, 2.75) is 32.6 Å². The summed E-state index contributed by atoms with van der Waals surface area (Å²) in [5, 5.41) is 0. The Balaban J connectivity index is 1.88. The summed E-state index contributed by atoms with van der Waals surface area (Å²) in [6.45, 7) is 2.49. The standard InChI is InChI=1S/C16H17NO2S/c1-2-19-13-7-12(9-17-10-13)16(18)15-8-11-5-3-4-6-14(11)20-15/h7-10H,2-6H2,1H3. The predicted molar refractivity (Wildman–Crippen MR) is 79.8 cm³/mol. The van der Waals surface area contributed by atoms with Crippen molar-refractivity contribution in [2.75, 3.05) is 6.61 Å². The first-order chi connectivity index (χ1) is 9.78. The molecule has 3 nitrogen and oxygen atoms in total. The van der Waals surface area contributed by atoms with Crippen LogP contribution in [-0.4, -0.2) is 17.4 Å². The zero-order valence-corrected chi connectivity index (χ0v) is 12.3. The Bertz CT molecular complexity index is 610. The largest absolute Gasteiger partial charge is 0.492 e. The van der Waals surface area contributed by atoms with Crippen molar-refractivity contribution in [3.63, 3.8) is 0 Å². The number of nitrogens with zero attached hydrogens (tertiary/aromatic N) is 1. The topological polar surface area (TPSA) is 39.2 Å². The van der Waals surface area contributed by atoms with Crippen molar-refractivity contribution in [3.8, 4) is 5.75 Å². The van der Waals surface area contributed by atoms with Crippen LogP contribution in [0.4, 0.5) is 0 Å². The summed E-state index contributed by atoms with van der Waals surface area (Å²) >= 11 is 1.64. The molecule has 1 aliphatic rings. The maximum atomic E-state index is 12.5. The summed E-state index contributed by atoms with van der Waals surface area (Å²) in [6.07, 6.45) is 7.95. The molecule has 0 N–H and O–H groups in total. The molecule has 0 amide bonds. The molecule has 2 aromatic heterocycles. The molecule has 0 saturated carbocycles. The summed E-state index contributed by atoms with van der Waals surface area (Å²) in [7, 11) is 0. The van der Waals surface area contributed by atoms with E-state index in [4.69, 9.17) is 4.74 Å². The first kappa shape index (κ1) is 13.3. The van der Waals surface area contributed by atoms with Crippen LogP contribution in [-0.2, 0) is 12.8 Å². The number of carbonyl (C=O) groups is 1. The van der Waals surface area contributed by atoms with Crippen LogP contribution in [0.25, 0.3) is 0 Å². The van der Waals surface area contributed by atoms with Crippen molar-refractivity contribution in [1.29, 1.82) is 0 Å². The fraction of sp³-hybridized carbons (Fsp3) is 0.375. The Hall–Kier alpha value is -1.68. The second-order valence-electron chi connectivity index (χ2n) is 4.94. The van der Waals surface area contributed by atoms with Crippen molar-refractivity contribution < 1.29 is 9.53 Å². The summed E-state index contributed by atoms with van der Waals surface area (Å²) in [4.78, 5) is 18.8. The van der Waals surface area contributed by atoms with E-state index in [1.54, 1.807) is 29.8 Å². The molecule has 0 unspecified atom stereocenters. The average Bonchev–Trinajstić information content (AvgIpc) is 2.91. The number of ether oxygens (including phenoxy) is 1. The molecular weight excluding hydrogens is 270 g/mol. The minimum Gasteiger partial charge on any atom is -0.492 e. The number of ketones is 1. The van der Waals surface area contributed by atoms with Crippen LogP contribution in [0.3, 0.4) is 0 Å². The molecule has 0 aromatic carbocycles. The lowest BCUT2D eigenvalue weighted by molar-refractivity contribution is 0.104. The first-order valence-electron chi connectivity index (χ1n) is 7.02. The van der Waals surface area contributed by atoms with Gasteiger partial charge in [0, 0.05) is 16.6 Å². The fourth-order valence-corrected chi connectivity index (χ4v) is 3.75. The Morgan fingerprint density at radius 1 is 1.30 bits per heavy atom. The number of fused-ring (bicyclic) bond motifs is 1. The molecule has 3 rings (SSSR count). The van der Waals surface area contributed by atoms with Gasteiger partial charge in [0.2, 0.25) is 5.78 Å². The molecule has 4 heteroatoms. The lowest BCUT2D eigenvalue weighted by atomic mass is 9.99. The summed E-state index contributed by atoms with van der Waals surface area (Å²) in [6, 6.07) is 3.84. The Morgan fingerprint density at radius 2 is 2.15 bits per heavy atom. The minimum absolute atomic E-state index is 0.0541. The second-order valence-corrected chi connectivity index (χ2v) is 6.07. The first-order valence-corrected chi connectivity index (χ1v) is 7.83. The molecule has 0 aliphatic heterocycles. The Labute approximate surface area is 122 Å². The number of thiophene rings is 1. The number of hydrogen-bond acceptors (Lipinski definition) is 4. The van der Waals surface area contributed by atoms with E-state index in [0.29, 0.717) is 17.9 Å². The molecule has 20 heavy (non-hydrogen) atoms. The van der Waals surface area contributed by atoms with E-state index in [2.05, 4.69) is 11.1 Å². The minimum atomic E-state index is 0.0541. The normalized spacial score (nSPS) is 13.8. The summed E-state index contributed by atoms with van der Waals surface area (Å²) in [5.41, 5.74) is 1.97. The van der Waals surface area contributed by atoms with Gasteiger partial charge in [-0.25, -0.2) is 0 Å². The van der Waals surface area contributed by atoms with E-state index in [9.17, 15) is 4.79 Å². The highest BCUT2D eigenvalue weighted by molar-refractivity contribution is 7.14. The second kappa shape index (κ2) is 5.75. The molecule has 0 atom stereocenters. The monoisotopic (exact) mass is 287 g/mol. The molecule has 104 valence electrons. The van der Waals surface area contributed by atoms with E-state index in [-0.39, 0.29) is 5.78 Å². The van der Waals surface area contributed by atoms with Crippen molar-refractivity contribution in [2.24, 2.45) is 0 Å². The molecule has 0 bridgehead atoms. The van der Waals surface area contributed by atoms with E-state index in [0.717, 1.165) is 17.7 Å². The zero-order chi connectivity index (χ0) is 13.9. The molecule has 0 radical (unpaired) electrons. The summed E-state index contributed by atoms with van der Waals surface area (Å²) < 4.78 is 5.40. The van der Waals surface area contributed by atoms with Gasteiger partial charge in [0.05, 0.1) is 17.7 Å². The zero-order valence-electron chi connectivity index (χ0n) is 11.5. The Kier molecular flexibility index (Phi) is 3.83. The van der Waals surface area contributed by atoms with Crippen LogP contribution in [0, 0.1) is 0 Å². The molecule has 2 aromatic rings. The van der Waals surface area contributed by atoms with Crippen LogP contribution in [0.2, 0.25) is 0 Å². The molecule has 0 spiro atoms. The van der Waals surface area contributed by atoms with Crippen LogP contribution in [0.1, 0.15) is 45.4 Å². The van der Waals surface area contributed by atoms with Crippen molar-refractivity contribution in [1.82, 2.24) is 4.98 Å². The third kappa shape index (κ3) is 2.61. The predicted octanol–water partition coefficient (Wildman–Crippen LogP) is 3.65. The lowest BCUT2D eigenvalue weighted by Gasteiger charge is -2.08. The van der Waals surface area contributed by atoms with Crippen LogP contribution >= 0.6 is 11.3 Å². The van der Waals surface area contributed by atoms with Gasteiger partial charge in [-0.15, -0.1) is 11.3 Å². The van der Waals surface area contributed by atoms with Gasteiger partial charge in [-0.3, -0.25) is 9.78 Å². The highest BCUT2D eigenvalue weighted by atomic mass is 32.1. The van der Waals surface area contributed by atoms with Gasteiger partial charge in [-0.05, 0) is 50.3 Å². The number of rotatable bonds is 4. The van der Waals surface area contributed by atoms with Crippen LogP contribution < -0.4 is 4.74 Å². The third-order valence-electron chi connectivity index (χ3n) is 3.51. The Morgan fingerprint density at radius 3 is 2.95 bits per heavy atom. The average molecular weight is 287 g/mol. The highest BCUT2D eigenvalue weighted by Gasteiger charge is 2.18. The number of pyridine rings is 1. The smallest absolute Gasteiger partial charge is 0.204 e. The highest BCUT2D eigenvalue weighted by Crippen LogP contribution is 2.31. The van der Waals surface area contributed by atoms with Gasteiger partial charge in [-0.2, -0.15) is 0 Å². The van der Waals surface area contributed by atoms with E-state index in [1.807, 2.05) is 6.92 Å². The quantitative estimate of drug-likeness (QED) is 0.806. The van der Waals surface area contributed by atoms with Gasteiger partial charge in [0.25, 0.3) is 0 Å². The maximum absolute atomic E-state index is 12.5. The maximum Gasteiger partial charge on any atom is 0.204 e. The van der Waals surface area contributed by atoms with Gasteiger partial charge in [0.1, 0.15) is 5.75 Å². The van der Waals surface area contributed by atoms with Crippen LogP contribution in [0.5, 0.6) is 5.75 Å². The van der Waals surface area contributed by atoms with Crippen LogP contribution in [0.15, 0.2) is 24.5 Å². The number of hydrogen-bond donors (Lipinski definition) is 0. The molecule has 1 aliphatic carbocycles. The lowest BCUT2D eigenvalue weighted by Crippen LogP contribution is -2.01. The van der Waals surface area contributed by atoms with Crippen molar-refractivity contribution in [3.05, 3.63) is 45.4 Å². The van der Waals surface area contributed by atoms with Gasteiger partial charge in [0.15, 0.2) is 0 Å². The third-order valence-corrected chi connectivity index (χ3v) is 4.74. The number of aryl methyl sites for hydroxylation is 2. The molecular formula is C16H17NO2S. The molecule has 0 saturated heterocycles. The van der Waals surface area contributed by atoms with E-state index >= 15 is 0 Å². The number of aromatic nitrogens is 1. The van der Waals surface area contributed by atoms with Gasteiger partial charge < -0.3 is 4.74 Å². The SMILES string of the molecule is CCOc1cncc(C(=O)c2cc3c(s2)CCCC3)c1. The molecule has 0 fully saturated rings. The van der Waals surface area contributed by atoms with Crippen molar-refractivity contribution >= 4 is 17.1 Å². The van der Waals surface area contributed by atoms with Gasteiger partial charge in [-0.1, -0.05) is 0 Å². The van der Waals surface area contributed by atoms with Gasteiger partial charge >= 0.3 is 0 Å². The molecule has 2 heterocycles.